The van der Waals surface area contributed by atoms with Gasteiger partial charge < -0.3 is 9.52 Å². The Hall–Kier alpha value is -1.32. The predicted molar refractivity (Wildman–Crippen MR) is 57.6 cm³/mol. The third-order valence-corrected chi connectivity index (χ3v) is 2.73. The monoisotopic (exact) mass is 223 g/mol. The van der Waals surface area contributed by atoms with E-state index in [9.17, 15) is 0 Å². The van der Waals surface area contributed by atoms with E-state index in [1.165, 1.54) is 6.39 Å². The van der Waals surface area contributed by atoms with Gasteiger partial charge in [-0.3, -0.25) is 0 Å². The van der Waals surface area contributed by atoms with Crippen LogP contribution in [0.4, 0.5) is 0 Å². The average Bonchev–Trinajstić information content (AvgIpc) is 2.70. The van der Waals surface area contributed by atoms with Crippen molar-refractivity contribution in [2.45, 2.75) is 13.5 Å². The van der Waals surface area contributed by atoms with Crippen molar-refractivity contribution in [3.8, 4) is 11.3 Å². The number of rotatable bonds is 2. The minimum absolute atomic E-state index is 0.157. The van der Waals surface area contributed by atoms with E-state index in [0.717, 1.165) is 11.1 Å². The fourth-order valence-corrected chi connectivity index (χ4v) is 1.64. The summed E-state index contributed by atoms with van der Waals surface area (Å²) in [4.78, 5) is 3.91. The second-order valence-corrected chi connectivity index (χ2v) is 3.60. The maximum atomic E-state index is 9.06. The molecule has 0 unspecified atom stereocenters. The lowest BCUT2D eigenvalue weighted by Crippen LogP contribution is -1.88. The van der Waals surface area contributed by atoms with Gasteiger partial charge in [-0.25, -0.2) is 4.98 Å². The number of hydrogen-bond donors (Lipinski definition) is 1. The predicted octanol–water partition coefficient (Wildman–Crippen LogP) is 2.80. The molecule has 3 nitrogen and oxygen atoms in total. The highest BCUT2D eigenvalue weighted by Crippen LogP contribution is 2.32. The van der Waals surface area contributed by atoms with Crippen molar-refractivity contribution in [2.24, 2.45) is 0 Å². The van der Waals surface area contributed by atoms with E-state index in [-0.39, 0.29) is 6.61 Å². The second-order valence-electron chi connectivity index (χ2n) is 3.22. The zero-order valence-corrected chi connectivity index (χ0v) is 8.95. The topological polar surface area (TPSA) is 46.3 Å². The largest absolute Gasteiger partial charge is 0.443 e. The van der Waals surface area contributed by atoms with Crippen LogP contribution in [0.1, 0.15) is 11.3 Å². The van der Waals surface area contributed by atoms with Crippen molar-refractivity contribution in [1.29, 1.82) is 0 Å². The number of aryl methyl sites for hydroxylation is 1. The molecular weight excluding hydrogens is 214 g/mol. The molecule has 15 heavy (non-hydrogen) atoms. The van der Waals surface area contributed by atoms with Gasteiger partial charge in [0.1, 0.15) is 5.69 Å². The lowest BCUT2D eigenvalue weighted by molar-refractivity contribution is 0.277. The normalized spacial score (nSPS) is 10.6. The summed E-state index contributed by atoms with van der Waals surface area (Å²) in [6.45, 7) is 1.76. The molecule has 0 saturated heterocycles. The summed E-state index contributed by atoms with van der Waals surface area (Å²) in [6, 6.07) is 5.65. The van der Waals surface area contributed by atoms with Gasteiger partial charge in [0.05, 0.1) is 11.6 Å². The van der Waals surface area contributed by atoms with Crippen molar-refractivity contribution in [2.75, 3.05) is 0 Å². The van der Waals surface area contributed by atoms with E-state index >= 15 is 0 Å². The van der Waals surface area contributed by atoms with Crippen LogP contribution >= 0.6 is 11.6 Å². The van der Waals surface area contributed by atoms with Gasteiger partial charge in [-0.15, -0.1) is 0 Å². The van der Waals surface area contributed by atoms with Crippen molar-refractivity contribution in [1.82, 2.24) is 4.98 Å². The van der Waals surface area contributed by atoms with E-state index in [1.807, 2.05) is 25.1 Å². The Labute approximate surface area is 92.3 Å². The van der Waals surface area contributed by atoms with Crippen LogP contribution < -0.4 is 0 Å². The zero-order valence-electron chi connectivity index (χ0n) is 8.20. The summed E-state index contributed by atoms with van der Waals surface area (Å²) in [7, 11) is 0. The molecule has 1 aromatic carbocycles. The molecule has 2 aromatic rings. The summed E-state index contributed by atoms with van der Waals surface area (Å²) >= 11 is 6.14. The first-order valence-electron chi connectivity index (χ1n) is 4.52. The number of oxazole rings is 1. The smallest absolute Gasteiger partial charge is 0.181 e. The van der Waals surface area contributed by atoms with E-state index in [0.29, 0.717) is 16.5 Å². The van der Waals surface area contributed by atoms with Gasteiger partial charge in [0.2, 0.25) is 0 Å². The van der Waals surface area contributed by atoms with Gasteiger partial charge in [-0.2, -0.15) is 0 Å². The zero-order chi connectivity index (χ0) is 10.8. The number of hydrogen-bond acceptors (Lipinski definition) is 3. The molecule has 1 aromatic heterocycles. The Kier molecular flexibility index (Phi) is 2.75. The summed E-state index contributed by atoms with van der Waals surface area (Å²) < 4.78 is 5.22. The Morgan fingerprint density at radius 3 is 3.00 bits per heavy atom. The molecule has 0 amide bonds. The van der Waals surface area contributed by atoms with Crippen molar-refractivity contribution < 1.29 is 9.52 Å². The molecule has 4 heteroatoms. The van der Waals surface area contributed by atoms with Gasteiger partial charge >= 0.3 is 0 Å². The van der Waals surface area contributed by atoms with E-state index in [4.69, 9.17) is 21.1 Å². The van der Waals surface area contributed by atoms with Crippen LogP contribution in [0.25, 0.3) is 11.3 Å². The van der Waals surface area contributed by atoms with E-state index in [1.54, 1.807) is 0 Å². The van der Waals surface area contributed by atoms with Gasteiger partial charge in [-0.1, -0.05) is 23.7 Å². The van der Waals surface area contributed by atoms with Crippen LogP contribution in [0.2, 0.25) is 5.02 Å². The number of benzene rings is 1. The molecule has 0 aliphatic carbocycles. The highest BCUT2D eigenvalue weighted by atomic mass is 35.5. The number of aromatic nitrogens is 1. The SMILES string of the molecule is Cc1cccc(-c2ocnc2CO)c1Cl. The highest BCUT2D eigenvalue weighted by molar-refractivity contribution is 6.34. The lowest BCUT2D eigenvalue weighted by Gasteiger charge is -2.04. The van der Waals surface area contributed by atoms with Gasteiger partial charge in [0, 0.05) is 5.56 Å². The quantitative estimate of drug-likeness (QED) is 0.852. The highest BCUT2D eigenvalue weighted by Gasteiger charge is 2.13. The minimum Gasteiger partial charge on any atom is -0.443 e. The Bertz CT molecular complexity index is 479. The lowest BCUT2D eigenvalue weighted by atomic mass is 10.1. The Morgan fingerprint density at radius 1 is 1.47 bits per heavy atom. The minimum atomic E-state index is -0.157. The molecule has 0 bridgehead atoms. The molecule has 1 N–H and O–H groups in total. The van der Waals surface area contributed by atoms with Crippen molar-refractivity contribution in [3.63, 3.8) is 0 Å². The first-order chi connectivity index (χ1) is 7.24. The molecule has 78 valence electrons. The number of aliphatic hydroxyl groups excluding tert-OH is 1. The fourth-order valence-electron chi connectivity index (χ4n) is 1.42. The molecule has 0 atom stereocenters. The molecule has 0 radical (unpaired) electrons. The summed E-state index contributed by atoms with van der Waals surface area (Å²) in [6.07, 6.45) is 1.31. The van der Waals surface area contributed by atoms with Crippen LogP contribution in [-0.2, 0) is 6.61 Å². The third kappa shape index (κ3) is 1.76. The molecule has 0 aliphatic heterocycles. The van der Waals surface area contributed by atoms with E-state index < -0.39 is 0 Å². The summed E-state index contributed by atoms with van der Waals surface area (Å²) in [5, 5.41) is 9.69. The first kappa shape index (κ1) is 10.2. The van der Waals surface area contributed by atoms with Gasteiger partial charge in [-0.05, 0) is 18.6 Å². The number of halogens is 1. The van der Waals surface area contributed by atoms with E-state index in [2.05, 4.69) is 4.98 Å². The number of aliphatic hydroxyl groups is 1. The van der Waals surface area contributed by atoms with Gasteiger partial charge in [0.25, 0.3) is 0 Å². The van der Waals surface area contributed by atoms with Crippen LogP contribution in [0, 0.1) is 6.92 Å². The maximum Gasteiger partial charge on any atom is 0.181 e. The van der Waals surface area contributed by atoms with Crippen LogP contribution in [0.3, 0.4) is 0 Å². The summed E-state index contributed by atoms with van der Waals surface area (Å²) in [5.41, 5.74) is 2.23. The maximum absolute atomic E-state index is 9.06. The average molecular weight is 224 g/mol. The van der Waals surface area contributed by atoms with Crippen LogP contribution in [0.15, 0.2) is 29.0 Å². The molecule has 0 saturated carbocycles. The molecule has 0 fully saturated rings. The first-order valence-corrected chi connectivity index (χ1v) is 4.90. The fraction of sp³-hybridized carbons (Fsp3) is 0.182. The van der Waals surface area contributed by atoms with Crippen LogP contribution in [0.5, 0.6) is 0 Å². The third-order valence-electron chi connectivity index (χ3n) is 2.23. The Balaban J connectivity index is 2.59. The molecule has 0 spiro atoms. The van der Waals surface area contributed by atoms with Gasteiger partial charge in [0.15, 0.2) is 12.2 Å². The molecular formula is C11H10ClNO2. The summed E-state index contributed by atoms with van der Waals surface area (Å²) in [5.74, 6) is 0.534. The molecule has 2 rings (SSSR count). The van der Waals surface area contributed by atoms with Crippen molar-refractivity contribution in [3.05, 3.63) is 40.9 Å². The second kappa shape index (κ2) is 4.04. The number of nitrogens with zero attached hydrogens (tertiary/aromatic N) is 1. The molecule has 0 aliphatic rings. The molecule has 1 heterocycles. The standard InChI is InChI=1S/C11H10ClNO2/c1-7-3-2-4-8(10(7)12)11-9(5-14)13-6-15-11/h2-4,6,14H,5H2,1H3. The Morgan fingerprint density at radius 2 is 2.27 bits per heavy atom. The van der Waals surface area contributed by atoms with Crippen LogP contribution in [-0.4, -0.2) is 10.1 Å². The van der Waals surface area contributed by atoms with Crippen molar-refractivity contribution >= 4 is 11.6 Å².